The molecule has 12 heteroatoms. The zero-order valence-electron chi connectivity index (χ0n) is 23.7. The van der Waals surface area contributed by atoms with Crippen molar-refractivity contribution in [2.24, 2.45) is 5.92 Å². The van der Waals surface area contributed by atoms with Crippen LogP contribution in [0, 0.1) is 11.3 Å². The van der Waals surface area contributed by atoms with Crippen LogP contribution in [0.1, 0.15) is 59.3 Å². The molecule has 12 nitrogen and oxygen atoms in total. The van der Waals surface area contributed by atoms with E-state index >= 15 is 0 Å². The van der Waals surface area contributed by atoms with Crippen LogP contribution in [0.3, 0.4) is 0 Å². The predicted octanol–water partition coefficient (Wildman–Crippen LogP) is 2.29. The third kappa shape index (κ3) is 8.72. The largest absolute Gasteiger partial charge is 0.469 e. The average Bonchev–Trinajstić information content (AvgIpc) is 3.15. The second-order valence-corrected chi connectivity index (χ2v) is 11.5. The van der Waals surface area contributed by atoms with Crippen molar-refractivity contribution in [2.45, 2.75) is 77.2 Å². The zero-order chi connectivity index (χ0) is 27.9. The highest BCUT2D eigenvalue weighted by molar-refractivity contribution is 5.92. The minimum Gasteiger partial charge on any atom is -0.469 e. The van der Waals surface area contributed by atoms with E-state index in [1.807, 2.05) is 11.9 Å². The van der Waals surface area contributed by atoms with E-state index in [1.54, 1.807) is 25.7 Å². The number of hydrogen-bond donors (Lipinski definition) is 2. The maximum Gasteiger partial charge on any atom is 0.414 e. The number of ether oxygens (including phenoxy) is 3. The molecule has 3 aliphatic heterocycles. The number of piperazine rings is 1. The number of nitrogens with one attached hydrogen (secondary N) is 2. The van der Waals surface area contributed by atoms with E-state index in [0.29, 0.717) is 25.4 Å². The quantitative estimate of drug-likeness (QED) is 0.207. The van der Waals surface area contributed by atoms with Gasteiger partial charge in [0.05, 0.1) is 13.2 Å². The van der Waals surface area contributed by atoms with Gasteiger partial charge in [0.2, 0.25) is 5.96 Å². The van der Waals surface area contributed by atoms with Gasteiger partial charge in [0.1, 0.15) is 5.60 Å². The average molecular weight is 539 g/mol. The monoisotopic (exact) mass is 538 g/mol. The van der Waals surface area contributed by atoms with Crippen molar-refractivity contribution in [3.8, 4) is 0 Å². The summed E-state index contributed by atoms with van der Waals surface area (Å²) in [5.41, 5.74) is -0.604. The number of likely N-dealkylation sites (N-methyl/N-ethyl adjacent to an activating group) is 1. The SMILES string of the molecule is COC(=O)CCCN1CCN(C2OC(=O)N(C)C2CCC2CCN(C(=N)NC(=O)OC(C)(C)C)CC2)CC1. The lowest BCUT2D eigenvalue weighted by Crippen LogP contribution is -2.54. The summed E-state index contributed by atoms with van der Waals surface area (Å²) in [5, 5.41) is 10.7. The van der Waals surface area contributed by atoms with Crippen molar-refractivity contribution in [3.63, 3.8) is 0 Å². The standard InChI is InChI=1S/C26H46N6O6/c1-26(2,3)38-24(34)28-23(27)32-13-10-19(11-14-32)8-9-20-22(37-25(35)29(20)4)31-17-15-30(16-18-31)12-6-7-21(33)36-5/h19-20,22H,6-18H2,1-5H3,(H2,27,28,34). The number of amides is 2. The van der Waals surface area contributed by atoms with Gasteiger partial charge in [-0.05, 0) is 65.3 Å². The van der Waals surface area contributed by atoms with Gasteiger partial charge in [0.25, 0.3) is 0 Å². The van der Waals surface area contributed by atoms with Gasteiger partial charge in [-0.2, -0.15) is 0 Å². The first-order valence-electron chi connectivity index (χ1n) is 13.8. The lowest BCUT2D eigenvalue weighted by atomic mass is 9.90. The van der Waals surface area contributed by atoms with Crippen LogP contribution in [0.5, 0.6) is 0 Å². The number of nitrogens with zero attached hydrogens (tertiary/aromatic N) is 4. The van der Waals surface area contributed by atoms with Crippen LogP contribution in [0.25, 0.3) is 0 Å². The number of cyclic esters (lactones) is 1. The van der Waals surface area contributed by atoms with Gasteiger partial charge in [0.15, 0.2) is 6.23 Å². The molecule has 216 valence electrons. The Hall–Kier alpha value is -2.60. The number of alkyl carbamates (subject to hydrolysis) is 1. The molecule has 3 saturated heterocycles. The molecule has 3 heterocycles. The summed E-state index contributed by atoms with van der Waals surface area (Å²) in [6, 6.07) is 0.0125. The van der Waals surface area contributed by atoms with E-state index in [0.717, 1.165) is 64.8 Å². The first kappa shape index (κ1) is 29.9. The van der Waals surface area contributed by atoms with Gasteiger partial charge in [-0.25, -0.2) is 9.59 Å². The molecule has 0 radical (unpaired) electrons. The molecule has 2 amide bonds. The molecule has 3 rings (SSSR count). The Morgan fingerprint density at radius 1 is 1.08 bits per heavy atom. The van der Waals surface area contributed by atoms with E-state index < -0.39 is 11.7 Å². The molecule has 2 unspecified atom stereocenters. The summed E-state index contributed by atoms with van der Waals surface area (Å²) < 4.78 is 15.8. The minimum absolute atomic E-state index is 0.0125. The summed E-state index contributed by atoms with van der Waals surface area (Å²) in [4.78, 5) is 44.0. The van der Waals surface area contributed by atoms with Crippen LogP contribution in [0.15, 0.2) is 0 Å². The topological polar surface area (TPSA) is 128 Å². The molecule has 3 aliphatic rings. The van der Waals surface area contributed by atoms with Gasteiger partial charge in [-0.3, -0.25) is 20.4 Å². The lowest BCUT2D eigenvalue weighted by Gasteiger charge is -2.39. The van der Waals surface area contributed by atoms with Gasteiger partial charge in [-0.15, -0.1) is 0 Å². The summed E-state index contributed by atoms with van der Waals surface area (Å²) in [6.45, 7) is 11.1. The van der Waals surface area contributed by atoms with Crippen molar-refractivity contribution in [1.82, 2.24) is 24.9 Å². The molecule has 3 fully saturated rings. The van der Waals surface area contributed by atoms with Crippen LogP contribution in [0.4, 0.5) is 9.59 Å². The highest BCUT2D eigenvalue weighted by Gasteiger charge is 2.43. The van der Waals surface area contributed by atoms with Gasteiger partial charge < -0.3 is 28.9 Å². The summed E-state index contributed by atoms with van der Waals surface area (Å²) in [5.74, 6) is 0.405. The molecule has 0 bridgehead atoms. The second-order valence-electron chi connectivity index (χ2n) is 11.5. The van der Waals surface area contributed by atoms with Crippen molar-refractivity contribution < 1.29 is 28.6 Å². The summed E-state index contributed by atoms with van der Waals surface area (Å²) in [6.07, 6.45) is 3.81. The number of carbonyl (C=O) groups is 3. The van der Waals surface area contributed by atoms with E-state index in [9.17, 15) is 14.4 Å². The maximum atomic E-state index is 12.4. The normalized spacial score (nSPS) is 23.8. The molecule has 0 aromatic rings. The molecule has 0 aliphatic carbocycles. The third-order valence-corrected chi connectivity index (χ3v) is 7.61. The predicted molar refractivity (Wildman–Crippen MR) is 142 cm³/mol. The zero-order valence-corrected chi connectivity index (χ0v) is 23.7. The molecule has 0 spiro atoms. The first-order chi connectivity index (χ1) is 18.0. The number of methoxy groups -OCH3 is 1. The highest BCUT2D eigenvalue weighted by Crippen LogP contribution is 2.30. The Bertz CT molecular complexity index is 833. The second kappa shape index (κ2) is 13.5. The van der Waals surface area contributed by atoms with Crippen molar-refractivity contribution in [3.05, 3.63) is 0 Å². The number of esters is 1. The molecule has 0 saturated carbocycles. The Balaban J connectivity index is 1.41. The molecule has 2 atom stereocenters. The molecule has 0 aromatic carbocycles. The fourth-order valence-corrected chi connectivity index (χ4v) is 5.37. The fraction of sp³-hybridized carbons (Fsp3) is 0.846. The van der Waals surface area contributed by atoms with Crippen LogP contribution < -0.4 is 5.32 Å². The van der Waals surface area contributed by atoms with E-state index in [-0.39, 0.29) is 30.3 Å². The number of likely N-dealkylation sites (tertiary alicyclic amines) is 1. The Labute approximate surface area is 226 Å². The molecule has 38 heavy (non-hydrogen) atoms. The fourth-order valence-electron chi connectivity index (χ4n) is 5.37. The number of guanidine groups is 1. The Kier molecular flexibility index (Phi) is 10.6. The minimum atomic E-state index is -0.605. The molecular formula is C26H46N6O6. The summed E-state index contributed by atoms with van der Waals surface area (Å²) in [7, 11) is 3.24. The highest BCUT2D eigenvalue weighted by atomic mass is 16.6. The van der Waals surface area contributed by atoms with Crippen LogP contribution in [-0.2, 0) is 19.0 Å². The van der Waals surface area contributed by atoms with Gasteiger partial charge in [-0.1, -0.05) is 0 Å². The van der Waals surface area contributed by atoms with Crippen LogP contribution in [-0.4, -0.2) is 122 Å². The number of carbonyl (C=O) groups excluding carboxylic acids is 3. The maximum absolute atomic E-state index is 12.4. The number of hydrogen-bond acceptors (Lipinski definition) is 9. The number of piperidine rings is 1. The third-order valence-electron chi connectivity index (χ3n) is 7.61. The van der Waals surface area contributed by atoms with Gasteiger partial charge >= 0.3 is 18.2 Å². The van der Waals surface area contributed by atoms with Crippen LogP contribution >= 0.6 is 0 Å². The van der Waals surface area contributed by atoms with Crippen molar-refractivity contribution in [2.75, 3.05) is 60.0 Å². The first-order valence-corrected chi connectivity index (χ1v) is 13.8. The lowest BCUT2D eigenvalue weighted by molar-refractivity contribution is -0.140. The molecule has 0 aromatic heterocycles. The van der Waals surface area contributed by atoms with E-state index in [4.69, 9.17) is 19.6 Å². The van der Waals surface area contributed by atoms with E-state index in [2.05, 4.69) is 15.1 Å². The molecule has 2 N–H and O–H groups in total. The Morgan fingerprint density at radius 2 is 1.74 bits per heavy atom. The summed E-state index contributed by atoms with van der Waals surface area (Å²) >= 11 is 0. The Morgan fingerprint density at radius 3 is 2.34 bits per heavy atom. The molecular weight excluding hydrogens is 492 g/mol. The van der Waals surface area contributed by atoms with Gasteiger partial charge in [0, 0.05) is 52.7 Å². The smallest absolute Gasteiger partial charge is 0.414 e. The number of rotatable bonds is 8. The van der Waals surface area contributed by atoms with Crippen molar-refractivity contribution >= 4 is 24.1 Å². The van der Waals surface area contributed by atoms with E-state index in [1.165, 1.54) is 7.11 Å². The van der Waals surface area contributed by atoms with Crippen molar-refractivity contribution in [1.29, 1.82) is 5.41 Å². The van der Waals surface area contributed by atoms with Crippen LogP contribution in [0.2, 0.25) is 0 Å².